The minimum Gasteiger partial charge on any atom is -0.482 e. The Morgan fingerprint density at radius 3 is 2.30 bits per heavy atom. The summed E-state index contributed by atoms with van der Waals surface area (Å²) in [6.07, 6.45) is 3.65. The third kappa shape index (κ3) is 8.99. The molecule has 286 valence electrons. The Balaban J connectivity index is 1.16. The number of unbranched alkanes of at least 4 members (excludes halogenated alkanes) is 1. The molecule has 3 aliphatic rings. The Morgan fingerprint density at radius 2 is 1.66 bits per heavy atom. The van der Waals surface area contributed by atoms with Crippen LogP contribution in [-0.2, 0) is 26.1 Å². The van der Waals surface area contributed by atoms with Crippen molar-refractivity contribution in [1.29, 1.82) is 0 Å². The van der Waals surface area contributed by atoms with E-state index in [1.165, 1.54) is 0 Å². The molecule has 0 bridgehead atoms. The van der Waals surface area contributed by atoms with Crippen molar-refractivity contribution in [2.24, 2.45) is 17.3 Å². The second kappa shape index (κ2) is 16.9. The van der Waals surface area contributed by atoms with Crippen LogP contribution in [0.4, 0.5) is 4.79 Å². The normalized spacial score (nSPS) is 22.0. The molecule has 53 heavy (non-hydrogen) atoms. The predicted octanol–water partition coefficient (Wildman–Crippen LogP) is 7.24. The van der Waals surface area contributed by atoms with Crippen LogP contribution in [-0.4, -0.2) is 78.9 Å². The largest absolute Gasteiger partial charge is 0.482 e. The molecular weight excluding hydrogens is 695 g/mol. The first-order chi connectivity index (χ1) is 25.5. The lowest BCUT2D eigenvalue weighted by atomic mass is 9.63. The molecule has 12 heteroatoms. The zero-order valence-corrected chi connectivity index (χ0v) is 31.8. The van der Waals surface area contributed by atoms with Crippen LogP contribution < -0.4 is 14.8 Å². The van der Waals surface area contributed by atoms with E-state index in [1.807, 2.05) is 66.7 Å². The molecule has 0 aliphatic carbocycles. The Hall–Kier alpha value is -4.13. The lowest BCUT2D eigenvalue weighted by Crippen LogP contribution is -2.68. The fourth-order valence-corrected chi connectivity index (χ4v) is 10.2. The van der Waals surface area contributed by atoms with Gasteiger partial charge >= 0.3 is 12.0 Å². The van der Waals surface area contributed by atoms with E-state index in [2.05, 4.69) is 26.1 Å². The highest BCUT2D eigenvalue weighted by molar-refractivity contribution is 7.89. The molecule has 0 aromatic heterocycles. The third-order valence-electron chi connectivity index (χ3n) is 11.1. The summed E-state index contributed by atoms with van der Waals surface area (Å²) in [5.74, 6) is 0.818. The third-order valence-corrected chi connectivity index (χ3v) is 13.4. The molecule has 2 amide bonds. The van der Waals surface area contributed by atoms with Crippen LogP contribution in [0.15, 0.2) is 78.9 Å². The maximum Gasteiger partial charge on any atom is 0.341 e. The molecule has 0 radical (unpaired) electrons. The van der Waals surface area contributed by atoms with Crippen LogP contribution in [0.1, 0.15) is 76.5 Å². The van der Waals surface area contributed by atoms with Crippen molar-refractivity contribution in [1.82, 2.24) is 14.5 Å². The number of urea groups is 1. The van der Waals surface area contributed by atoms with Gasteiger partial charge in [-0.1, -0.05) is 82.1 Å². The van der Waals surface area contributed by atoms with E-state index in [-0.39, 0.29) is 29.4 Å². The summed E-state index contributed by atoms with van der Waals surface area (Å²) in [5, 5.41) is 11.9. The Kier molecular flexibility index (Phi) is 12.3. The molecule has 3 saturated heterocycles. The number of aliphatic carboxylic acids is 1. The molecule has 3 atom stereocenters. The minimum absolute atomic E-state index is 0.00882. The first-order valence-electron chi connectivity index (χ1n) is 18.9. The SMILES string of the molecule is CCCC[C@H]1O[C@@H](c2cc(Oc3ccccc3)ccc2OCC(=O)O)[C@H](C(C)C)CC12CN(S(=O)(=O)C1CCN(C(=O)NCc3ccccc3)CC1)C2. The molecule has 3 aromatic rings. The molecule has 2 N–H and O–H groups in total. The van der Waals surface area contributed by atoms with Gasteiger partial charge in [0.15, 0.2) is 6.61 Å². The highest BCUT2D eigenvalue weighted by atomic mass is 32.2. The van der Waals surface area contributed by atoms with Gasteiger partial charge < -0.3 is 29.5 Å². The number of ether oxygens (including phenoxy) is 3. The number of sulfonamides is 1. The molecule has 6 rings (SSSR count). The van der Waals surface area contributed by atoms with Gasteiger partial charge in [-0.05, 0) is 73.4 Å². The Morgan fingerprint density at radius 1 is 0.981 bits per heavy atom. The first kappa shape index (κ1) is 38.6. The number of piperidine rings is 1. The van der Waals surface area contributed by atoms with Crippen molar-refractivity contribution in [3.63, 3.8) is 0 Å². The molecular formula is C41H53N3O8S. The summed E-state index contributed by atoms with van der Waals surface area (Å²) in [7, 11) is -3.58. The second-order valence-electron chi connectivity index (χ2n) is 15.1. The lowest BCUT2D eigenvalue weighted by molar-refractivity contribution is -0.205. The lowest BCUT2D eigenvalue weighted by Gasteiger charge is -2.59. The topological polar surface area (TPSA) is 135 Å². The number of hydrogen-bond acceptors (Lipinski definition) is 7. The van der Waals surface area contributed by atoms with Crippen LogP contribution in [0.25, 0.3) is 0 Å². The summed E-state index contributed by atoms with van der Waals surface area (Å²) in [5.41, 5.74) is 1.40. The number of hydrogen-bond donors (Lipinski definition) is 2. The van der Waals surface area contributed by atoms with Crippen LogP contribution in [0.2, 0.25) is 0 Å². The number of amides is 2. The van der Waals surface area contributed by atoms with E-state index in [0.29, 0.717) is 62.8 Å². The van der Waals surface area contributed by atoms with Gasteiger partial charge in [0, 0.05) is 43.7 Å². The molecule has 1 spiro atoms. The van der Waals surface area contributed by atoms with Crippen molar-refractivity contribution in [3.05, 3.63) is 90.0 Å². The fourth-order valence-electron chi connectivity index (χ4n) is 8.11. The summed E-state index contributed by atoms with van der Waals surface area (Å²) >= 11 is 0. The first-order valence-corrected chi connectivity index (χ1v) is 20.4. The molecule has 3 aliphatic heterocycles. The number of carbonyl (C=O) groups excluding carboxylic acids is 1. The monoisotopic (exact) mass is 747 g/mol. The highest BCUT2D eigenvalue weighted by Crippen LogP contribution is 2.56. The van der Waals surface area contributed by atoms with Crippen LogP contribution in [0.3, 0.4) is 0 Å². The predicted molar refractivity (Wildman–Crippen MR) is 202 cm³/mol. The van der Waals surface area contributed by atoms with Gasteiger partial charge in [0.05, 0.1) is 17.5 Å². The van der Waals surface area contributed by atoms with Crippen molar-refractivity contribution < 1.29 is 37.3 Å². The van der Waals surface area contributed by atoms with Crippen molar-refractivity contribution in [3.8, 4) is 17.2 Å². The van der Waals surface area contributed by atoms with Crippen molar-refractivity contribution in [2.75, 3.05) is 32.8 Å². The molecule has 3 aromatic carbocycles. The van der Waals surface area contributed by atoms with Gasteiger partial charge in [-0.15, -0.1) is 0 Å². The summed E-state index contributed by atoms with van der Waals surface area (Å²) in [4.78, 5) is 26.1. The fraction of sp³-hybridized carbons (Fsp3) is 0.512. The maximum absolute atomic E-state index is 14.0. The van der Waals surface area contributed by atoms with Crippen LogP contribution in [0.5, 0.6) is 17.2 Å². The van der Waals surface area contributed by atoms with E-state index < -0.39 is 34.0 Å². The number of nitrogens with one attached hydrogen (secondary N) is 1. The number of benzene rings is 3. The van der Waals surface area contributed by atoms with Crippen molar-refractivity contribution in [2.45, 2.75) is 83.3 Å². The number of carbonyl (C=O) groups is 2. The minimum atomic E-state index is -3.58. The number of nitrogens with zero attached hydrogens (tertiary/aromatic N) is 2. The summed E-state index contributed by atoms with van der Waals surface area (Å²) < 4.78 is 48.9. The van der Waals surface area contributed by atoms with Gasteiger partial charge in [0.1, 0.15) is 17.2 Å². The Bertz CT molecular complexity index is 1790. The van der Waals surface area contributed by atoms with E-state index in [9.17, 15) is 23.1 Å². The highest BCUT2D eigenvalue weighted by Gasteiger charge is 2.59. The zero-order chi connectivity index (χ0) is 37.6. The number of para-hydroxylation sites is 1. The van der Waals surface area contributed by atoms with Crippen LogP contribution >= 0.6 is 0 Å². The van der Waals surface area contributed by atoms with E-state index in [4.69, 9.17) is 14.2 Å². The molecule has 3 fully saturated rings. The van der Waals surface area contributed by atoms with Gasteiger partial charge in [-0.25, -0.2) is 22.3 Å². The smallest absolute Gasteiger partial charge is 0.341 e. The number of carboxylic acid groups (broad SMARTS) is 1. The molecule has 0 unspecified atom stereocenters. The summed E-state index contributed by atoms with van der Waals surface area (Å²) in [6, 6.07) is 24.4. The van der Waals surface area contributed by atoms with Crippen LogP contribution in [0, 0.1) is 17.3 Å². The average molecular weight is 748 g/mol. The zero-order valence-electron chi connectivity index (χ0n) is 31.0. The number of likely N-dealkylation sites (tertiary alicyclic amines) is 1. The maximum atomic E-state index is 14.0. The van der Waals surface area contributed by atoms with Gasteiger partial charge in [0.25, 0.3) is 0 Å². The quantitative estimate of drug-likeness (QED) is 0.176. The molecule has 0 saturated carbocycles. The van der Waals surface area contributed by atoms with E-state index in [1.54, 1.807) is 21.3 Å². The number of carboxylic acids is 1. The standard InChI is InChI=1S/C41H53N3O8S/c1-4-5-16-37-41(27-44(28-41)53(48,49)33-19-21-43(22-20-33)40(47)42-25-30-12-8-6-9-13-30)24-35(29(2)3)39(52-37)34-23-32(51-31-14-10-7-11-15-31)17-18-36(34)50-26-38(45)46/h6-15,17-18,23,29,33,35,37,39H,4-5,16,19-22,24-28H2,1-3H3,(H,42,47)(H,45,46)/t35-,37+,39-/m0/s1. The molecule has 3 heterocycles. The van der Waals surface area contributed by atoms with E-state index >= 15 is 0 Å². The van der Waals surface area contributed by atoms with E-state index in [0.717, 1.165) is 36.8 Å². The van der Waals surface area contributed by atoms with Gasteiger partial charge in [-0.3, -0.25) is 0 Å². The second-order valence-corrected chi connectivity index (χ2v) is 17.3. The van der Waals surface area contributed by atoms with Crippen molar-refractivity contribution >= 4 is 22.0 Å². The van der Waals surface area contributed by atoms with Gasteiger partial charge in [-0.2, -0.15) is 0 Å². The average Bonchev–Trinajstić information content (AvgIpc) is 3.15. The summed E-state index contributed by atoms with van der Waals surface area (Å²) in [6.45, 7) is 7.96. The number of rotatable bonds is 14. The molecule has 11 nitrogen and oxygen atoms in total. The Labute approximate surface area is 313 Å². The van der Waals surface area contributed by atoms with Gasteiger partial charge in [0.2, 0.25) is 10.0 Å².